The molecule has 0 saturated carbocycles. The molecule has 0 radical (unpaired) electrons. The molecular formula is C20H22Cl2N2O3. The van der Waals surface area contributed by atoms with Crippen LogP contribution in [0.5, 0.6) is 5.75 Å². The van der Waals surface area contributed by atoms with Crippen molar-refractivity contribution in [3.05, 3.63) is 58.1 Å². The maximum atomic E-state index is 12.4. The smallest absolute Gasteiger partial charge is 0.265 e. The molecule has 27 heavy (non-hydrogen) atoms. The van der Waals surface area contributed by atoms with Crippen LogP contribution in [-0.4, -0.2) is 43.2 Å². The molecule has 0 aromatic heterocycles. The predicted molar refractivity (Wildman–Crippen MR) is 108 cm³/mol. The second-order valence-electron chi connectivity index (χ2n) is 6.41. The van der Waals surface area contributed by atoms with Crippen LogP contribution in [0.15, 0.2) is 42.5 Å². The van der Waals surface area contributed by atoms with Gasteiger partial charge in [-0.1, -0.05) is 35.3 Å². The number of halogens is 2. The first kappa shape index (κ1) is 20.0. The third kappa shape index (κ3) is 5.84. The molecule has 5 nitrogen and oxygen atoms in total. The molecule has 1 saturated heterocycles. The molecule has 1 N–H and O–H groups in total. The highest BCUT2D eigenvalue weighted by atomic mass is 35.5. The Kier molecular flexibility index (Phi) is 6.96. The lowest BCUT2D eigenvalue weighted by Crippen LogP contribution is -2.35. The molecule has 1 fully saturated rings. The SMILES string of the molecule is C[C@H](Oc1ccc(Cl)cc1Cl)C(=O)Nc1ccc(CN2CCOCC2)cc1. The van der Waals surface area contributed by atoms with Gasteiger partial charge in [0.2, 0.25) is 0 Å². The van der Waals surface area contributed by atoms with Crippen LogP contribution in [0.25, 0.3) is 0 Å². The summed E-state index contributed by atoms with van der Waals surface area (Å²) in [5.74, 6) is 0.173. The standard InChI is InChI=1S/C20H22Cl2N2O3/c1-14(27-19-7-4-16(21)12-18(19)22)20(25)23-17-5-2-15(3-6-17)13-24-8-10-26-11-9-24/h2-7,12,14H,8-11,13H2,1H3,(H,23,25)/t14-/m0/s1. The molecule has 1 atom stereocenters. The van der Waals surface area contributed by atoms with E-state index in [-0.39, 0.29) is 5.91 Å². The number of nitrogens with one attached hydrogen (secondary N) is 1. The lowest BCUT2D eigenvalue weighted by atomic mass is 10.2. The highest BCUT2D eigenvalue weighted by molar-refractivity contribution is 6.35. The maximum Gasteiger partial charge on any atom is 0.265 e. The zero-order valence-corrected chi connectivity index (χ0v) is 16.6. The fourth-order valence-corrected chi connectivity index (χ4v) is 3.22. The Morgan fingerprint density at radius 3 is 2.56 bits per heavy atom. The zero-order valence-electron chi connectivity index (χ0n) is 15.1. The van der Waals surface area contributed by atoms with Crippen LogP contribution in [0.3, 0.4) is 0 Å². The summed E-state index contributed by atoms with van der Waals surface area (Å²) in [6, 6.07) is 12.7. The van der Waals surface area contributed by atoms with Gasteiger partial charge in [-0.05, 0) is 42.8 Å². The van der Waals surface area contributed by atoms with E-state index in [4.69, 9.17) is 32.7 Å². The Morgan fingerprint density at radius 2 is 1.89 bits per heavy atom. The van der Waals surface area contributed by atoms with E-state index >= 15 is 0 Å². The first-order chi connectivity index (χ1) is 13.0. The van der Waals surface area contributed by atoms with Gasteiger partial charge in [-0.2, -0.15) is 0 Å². The van der Waals surface area contributed by atoms with E-state index in [9.17, 15) is 4.79 Å². The summed E-state index contributed by atoms with van der Waals surface area (Å²) >= 11 is 12.0. The van der Waals surface area contributed by atoms with Crippen molar-refractivity contribution in [3.8, 4) is 5.75 Å². The lowest BCUT2D eigenvalue weighted by Gasteiger charge is -2.26. The third-order valence-electron chi connectivity index (χ3n) is 4.30. The van der Waals surface area contributed by atoms with Crippen molar-refractivity contribution < 1.29 is 14.3 Å². The minimum Gasteiger partial charge on any atom is -0.479 e. The van der Waals surface area contributed by atoms with Crippen molar-refractivity contribution in [1.82, 2.24) is 4.90 Å². The van der Waals surface area contributed by atoms with Crippen LogP contribution in [0.1, 0.15) is 12.5 Å². The first-order valence-corrected chi connectivity index (χ1v) is 9.58. The number of ether oxygens (including phenoxy) is 2. The fourth-order valence-electron chi connectivity index (χ4n) is 2.77. The molecule has 144 valence electrons. The number of rotatable bonds is 6. The summed E-state index contributed by atoms with van der Waals surface area (Å²) in [5, 5.41) is 3.74. The molecule has 2 aromatic carbocycles. The molecule has 0 bridgehead atoms. The topological polar surface area (TPSA) is 50.8 Å². The van der Waals surface area contributed by atoms with E-state index in [0.717, 1.165) is 38.5 Å². The summed E-state index contributed by atoms with van der Waals surface area (Å²) < 4.78 is 11.0. The third-order valence-corrected chi connectivity index (χ3v) is 4.83. The van der Waals surface area contributed by atoms with Gasteiger partial charge in [0.15, 0.2) is 6.10 Å². The number of anilines is 1. The monoisotopic (exact) mass is 408 g/mol. The van der Waals surface area contributed by atoms with Gasteiger partial charge in [0.05, 0.1) is 18.2 Å². The highest BCUT2D eigenvalue weighted by Crippen LogP contribution is 2.28. The van der Waals surface area contributed by atoms with Gasteiger partial charge in [-0.25, -0.2) is 0 Å². The predicted octanol–water partition coefficient (Wildman–Crippen LogP) is 4.23. The number of benzene rings is 2. The quantitative estimate of drug-likeness (QED) is 0.776. The fraction of sp³-hybridized carbons (Fsp3) is 0.350. The minimum atomic E-state index is -0.697. The Balaban J connectivity index is 1.53. The number of carbonyl (C=O) groups is 1. The Hall–Kier alpha value is -1.79. The molecule has 3 rings (SSSR count). The second kappa shape index (κ2) is 9.42. The molecular weight excluding hydrogens is 387 g/mol. The van der Waals surface area contributed by atoms with E-state index in [1.165, 1.54) is 5.56 Å². The Morgan fingerprint density at radius 1 is 1.19 bits per heavy atom. The van der Waals surface area contributed by atoms with Gasteiger partial charge < -0.3 is 14.8 Å². The van der Waals surface area contributed by atoms with Gasteiger partial charge in [0.25, 0.3) is 5.91 Å². The van der Waals surface area contributed by atoms with Crippen molar-refractivity contribution in [2.45, 2.75) is 19.6 Å². The molecule has 7 heteroatoms. The highest BCUT2D eigenvalue weighted by Gasteiger charge is 2.17. The summed E-state index contributed by atoms with van der Waals surface area (Å²) in [7, 11) is 0. The van der Waals surface area contributed by atoms with Crippen molar-refractivity contribution >= 4 is 34.8 Å². The number of carbonyl (C=O) groups excluding carboxylic acids is 1. The average Bonchev–Trinajstić information content (AvgIpc) is 2.66. The average molecular weight is 409 g/mol. The molecule has 1 heterocycles. The lowest BCUT2D eigenvalue weighted by molar-refractivity contribution is -0.122. The largest absolute Gasteiger partial charge is 0.479 e. The van der Waals surface area contributed by atoms with Gasteiger partial charge in [0.1, 0.15) is 5.75 Å². The molecule has 0 aliphatic carbocycles. The van der Waals surface area contributed by atoms with E-state index in [1.807, 2.05) is 24.3 Å². The number of hydrogen-bond donors (Lipinski definition) is 1. The van der Waals surface area contributed by atoms with Crippen LogP contribution in [0.4, 0.5) is 5.69 Å². The van der Waals surface area contributed by atoms with Crippen LogP contribution in [0.2, 0.25) is 10.0 Å². The van der Waals surface area contributed by atoms with E-state index in [0.29, 0.717) is 15.8 Å². The summed E-state index contributed by atoms with van der Waals surface area (Å²) in [4.78, 5) is 14.7. The van der Waals surface area contributed by atoms with Crippen LogP contribution >= 0.6 is 23.2 Å². The number of hydrogen-bond acceptors (Lipinski definition) is 4. The van der Waals surface area contributed by atoms with E-state index < -0.39 is 6.10 Å². The van der Waals surface area contributed by atoms with Gasteiger partial charge in [-0.15, -0.1) is 0 Å². The summed E-state index contributed by atoms with van der Waals surface area (Å²) in [6.45, 7) is 6.01. The van der Waals surface area contributed by atoms with Crippen LogP contribution in [-0.2, 0) is 16.1 Å². The Bertz CT molecular complexity index is 777. The molecule has 1 aliphatic heterocycles. The summed E-state index contributed by atoms with van der Waals surface area (Å²) in [6.07, 6.45) is -0.697. The molecule has 0 spiro atoms. The van der Waals surface area contributed by atoms with Crippen molar-refractivity contribution in [2.75, 3.05) is 31.6 Å². The molecule has 1 aliphatic rings. The van der Waals surface area contributed by atoms with Gasteiger partial charge in [0, 0.05) is 30.3 Å². The zero-order chi connectivity index (χ0) is 19.2. The summed E-state index contributed by atoms with van der Waals surface area (Å²) in [5.41, 5.74) is 1.93. The Labute approximate surface area is 169 Å². The van der Waals surface area contributed by atoms with Crippen LogP contribution in [0, 0.1) is 0 Å². The number of morpholine rings is 1. The maximum absolute atomic E-state index is 12.4. The molecule has 1 amide bonds. The normalized spacial score (nSPS) is 16.0. The molecule has 2 aromatic rings. The molecule has 0 unspecified atom stereocenters. The van der Waals surface area contributed by atoms with Gasteiger partial charge in [-0.3, -0.25) is 9.69 Å². The number of amides is 1. The van der Waals surface area contributed by atoms with Gasteiger partial charge >= 0.3 is 0 Å². The minimum absolute atomic E-state index is 0.248. The van der Waals surface area contributed by atoms with Crippen molar-refractivity contribution in [2.24, 2.45) is 0 Å². The first-order valence-electron chi connectivity index (χ1n) is 8.83. The number of nitrogens with zero attached hydrogens (tertiary/aromatic N) is 1. The van der Waals surface area contributed by atoms with E-state index in [1.54, 1.807) is 25.1 Å². The van der Waals surface area contributed by atoms with Crippen LogP contribution < -0.4 is 10.1 Å². The van der Waals surface area contributed by atoms with Crippen molar-refractivity contribution in [1.29, 1.82) is 0 Å². The van der Waals surface area contributed by atoms with Crippen molar-refractivity contribution in [3.63, 3.8) is 0 Å². The van der Waals surface area contributed by atoms with E-state index in [2.05, 4.69) is 10.2 Å². The second-order valence-corrected chi connectivity index (χ2v) is 7.25.